The molecule has 0 aliphatic carbocycles. The molecule has 0 radical (unpaired) electrons. The van der Waals surface area contributed by atoms with Crippen LogP contribution in [0.5, 0.6) is 0 Å². The minimum atomic E-state index is -3.61. The molecule has 2 aromatic rings. The summed E-state index contributed by atoms with van der Waals surface area (Å²) in [5, 5.41) is 0. The van der Waals surface area contributed by atoms with Crippen LogP contribution < -0.4 is 4.67 Å². The maximum atomic E-state index is 13.2. The van der Waals surface area contributed by atoms with Gasteiger partial charge in [0.15, 0.2) is 5.78 Å². The van der Waals surface area contributed by atoms with E-state index in [1.807, 2.05) is 24.3 Å². The SMILES string of the molecule is CCOP(=O)(OCC)N(CC(=O)c1ccccc1)c1ccccc1. The Labute approximate surface area is 142 Å². The second-order valence-corrected chi connectivity index (χ2v) is 6.92. The third-order valence-electron chi connectivity index (χ3n) is 3.32. The fourth-order valence-corrected chi connectivity index (χ4v) is 4.00. The topological polar surface area (TPSA) is 55.8 Å². The summed E-state index contributed by atoms with van der Waals surface area (Å²) in [5.41, 5.74) is 1.17. The van der Waals surface area contributed by atoms with Crippen LogP contribution in [-0.2, 0) is 13.6 Å². The largest absolute Gasteiger partial charge is 0.435 e. The lowest BCUT2D eigenvalue weighted by Crippen LogP contribution is -2.29. The van der Waals surface area contributed by atoms with Crippen molar-refractivity contribution in [2.45, 2.75) is 13.8 Å². The van der Waals surface area contributed by atoms with Crippen molar-refractivity contribution in [2.24, 2.45) is 0 Å². The third-order valence-corrected chi connectivity index (χ3v) is 5.46. The molecule has 0 aliphatic heterocycles. The Morgan fingerprint density at radius 3 is 1.92 bits per heavy atom. The zero-order valence-corrected chi connectivity index (χ0v) is 14.8. The number of carbonyl (C=O) groups is 1. The second-order valence-electron chi connectivity index (χ2n) is 4.99. The summed E-state index contributed by atoms with van der Waals surface area (Å²) in [4.78, 5) is 12.6. The maximum absolute atomic E-state index is 13.2. The van der Waals surface area contributed by atoms with Crippen LogP contribution in [0.1, 0.15) is 24.2 Å². The Morgan fingerprint density at radius 2 is 1.42 bits per heavy atom. The molecule has 0 aromatic heterocycles. The highest BCUT2D eigenvalue weighted by molar-refractivity contribution is 7.55. The van der Waals surface area contributed by atoms with Gasteiger partial charge in [0.1, 0.15) is 0 Å². The lowest BCUT2D eigenvalue weighted by molar-refractivity contribution is 0.0998. The van der Waals surface area contributed by atoms with Gasteiger partial charge in [-0.15, -0.1) is 0 Å². The third kappa shape index (κ3) is 4.54. The average molecular weight is 347 g/mol. The van der Waals surface area contributed by atoms with Gasteiger partial charge < -0.3 is 0 Å². The molecule has 0 amide bonds. The summed E-state index contributed by atoms with van der Waals surface area (Å²) in [6.45, 7) is 3.84. The van der Waals surface area contributed by atoms with Gasteiger partial charge in [-0.05, 0) is 26.0 Å². The summed E-state index contributed by atoms with van der Waals surface area (Å²) < 4.78 is 25.5. The molecular weight excluding hydrogens is 325 g/mol. The van der Waals surface area contributed by atoms with Gasteiger partial charge in [0.25, 0.3) is 0 Å². The van der Waals surface area contributed by atoms with Crippen molar-refractivity contribution >= 4 is 19.2 Å². The minimum absolute atomic E-state index is 0.0920. The van der Waals surface area contributed by atoms with Crippen molar-refractivity contribution in [3.05, 3.63) is 66.2 Å². The van der Waals surface area contributed by atoms with Gasteiger partial charge in [0, 0.05) is 11.3 Å². The molecule has 0 N–H and O–H groups in total. The van der Waals surface area contributed by atoms with Gasteiger partial charge in [-0.3, -0.25) is 18.5 Å². The van der Waals surface area contributed by atoms with E-state index in [0.29, 0.717) is 11.3 Å². The van der Waals surface area contributed by atoms with Crippen molar-refractivity contribution in [3.8, 4) is 0 Å². The molecule has 0 heterocycles. The summed E-state index contributed by atoms with van der Waals surface area (Å²) in [5.74, 6) is -0.154. The molecule has 2 rings (SSSR count). The molecule has 0 atom stereocenters. The van der Waals surface area contributed by atoms with Gasteiger partial charge in [-0.25, -0.2) is 4.57 Å². The van der Waals surface area contributed by atoms with Gasteiger partial charge in [-0.1, -0.05) is 48.5 Å². The van der Waals surface area contributed by atoms with Gasteiger partial charge in [0.05, 0.1) is 19.8 Å². The van der Waals surface area contributed by atoms with E-state index in [1.54, 1.807) is 50.2 Å². The number of rotatable bonds is 9. The van der Waals surface area contributed by atoms with Crippen LogP contribution in [0.25, 0.3) is 0 Å². The average Bonchev–Trinajstić information content (AvgIpc) is 2.61. The van der Waals surface area contributed by atoms with Crippen LogP contribution in [0.2, 0.25) is 0 Å². The molecule has 0 saturated carbocycles. The maximum Gasteiger partial charge on any atom is 0.435 e. The number of para-hydroxylation sites is 1. The van der Waals surface area contributed by atoms with E-state index in [1.165, 1.54) is 4.67 Å². The van der Waals surface area contributed by atoms with Crippen molar-refractivity contribution < 1.29 is 18.4 Å². The van der Waals surface area contributed by atoms with E-state index in [4.69, 9.17) is 9.05 Å². The number of nitrogens with zero attached hydrogens (tertiary/aromatic N) is 1. The normalized spacial score (nSPS) is 11.2. The first-order valence-corrected chi connectivity index (χ1v) is 9.40. The van der Waals surface area contributed by atoms with Crippen molar-refractivity contribution in [1.29, 1.82) is 0 Å². The molecule has 0 saturated heterocycles. The summed E-state index contributed by atoms with van der Waals surface area (Å²) in [6, 6.07) is 18.0. The monoisotopic (exact) mass is 347 g/mol. The molecule has 0 aliphatic rings. The molecule has 2 aromatic carbocycles. The summed E-state index contributed by atoms with van der Waals surface area (Å²) in [7, 11) is -3.61. The van der Waals surface area contributed by atoms with E-state index in [2.05, 4.69) is 0 Å². The Bertz CT molecular complexity index is 681. The van der Waals surface area contributed by atoms with Gasteiger partial charge >= 0.3 is 7.75 Å². The first-order valence-electron chi connectivity index (χ1n) is 7.91. The fourth-order valence-electron chi connectivity index (χ4n) is 2.27. The molecule has 5 nitrogen and oxygen atoms in total. The Hall–Kier alpha value is -1.94. The van der Waals surface area contributed by atoms with E-state index >= 15 is 0 Å². The number of ketones is 1. The van der Waals surface area contributed by atoms with Crippen LogP contribution in [0.3, 0.4) is 0 Å². The molecule has 6 heteroatoms. The van der Waals surface area contributed by atoms with Crippen LogP contribution in [0.15, 0.2) is 60.7 Å². The molecule has 0 bridgehead atoms. The van der Waals surface area contributed by atoms with Crippen molar-refractivity contribution in [3.63, 3.8) is 0 Å². The zero-order chi connectivity index (χ0) is 17.4. The molecule has 0 unspecified atom stereocenters. The summed E-state index contributed by atoms with van der Waals surface area (Å²) in [6.07, 6.45) is 0. The van der Waals surface area contributed by atoms with Crippen molar-refractivity contribution in [1.82, 2.24) is 0 Å². The highest BCUT2D eigenvalue weighted by atomic mass is 31.2. The quantitative estimate of drug-likeness (QED) is 0.492. The smallest absolute Gasteiger partial charge is 0.292 e. The molecular formula is C18H22NO4P. The summed E-state index contributed by atoms with van der Waals surface area (Å²) >= 11 is 0. The number of anilines is 1. The van der Waals surface area contributed by atoms with Crippen LogP contribution in [-0.4, -0.2) is 25.5 Å². The Morgan fingerprint density at radius 1 is 0.917 bits per heavy atom. The van der Waals surface area contributed by atoms with Gasteiger partial charge in [0.2, 0.25) is 0 Å². The van der Waals surface area contributed by atoms with Gasteiger partial charge in [-0.2, -0.15) is 0 Å². The lowest BCUT2D eigenvalue weighted by atomic mass is 10.1. The lowest BCUT2D eigenvalue weighted by Gasteiger charge is -2.30. The first-order chi connectivity index (χ1) is 11.6. The van der Waals surface area contributed by atoms with Crippen molar-refractivity contribution in [2.75, 3.05) is 24.4 Å². The van der Waals surface area contributed by atoms with E-state index in [9.17, 15) is 9.36 Å². The number of carbonyl (C=O) groups excluding carboxylic acids is 1. The second kappa shape index (κ2) is 8.78. The highest BCUT2D eigenvalue weighted by Gasteiger charge is 2.35. The number of hydrogen-bond acceptors (Lipinski definition) is 4. The molecule has 0 fully saturated rings. The van der Waals surface area contributed by atoms with Crippen LogP contribution in [0.4, 0.5) is 5.69 Å². The number of Topliss-reactive ketones (excluding diaryl/α,β-unsaturated/α-hetero) is 1. The van der Waals surface area contributed by atoms with Crippen LogP contribution >= 0.6 is 7.75 Å². The number of benzene rings is 2. The van der Waals surface area contributed by atoms with Crippen LogP contribution in [0, 0.1) is 0 Å². The molecule has 128 valence electrons. The standard InChI is InChI=1S/C18H22NO4P/c1-3-22-24(21,23-4-2)19(17-13-9-6-10-14-17)15-18(20)16-11-7-5-8-12-16/h5-14H,3-4,15H2,1-2H3. The minimum Gasteiger partial charge on any atom is -0.292 e. The predicted octanol–water partition coefficient (Wildman–Crippen LogP) is 4.56. The van der Waals surface area contributed by atoms with E-state index in [0.717, 1.165) is 0 Å². The molecule has 0 spiro atoms. The first kappa shape index (κ1) is 18.4. The fraction of sp³-hybridized carbons (Fsp3) is 0.278. The Balaban J connectivity index is 2.36. The predicted molar refractivity (Wildman–Crippen MR) is 95.4 cm³/mol. The molecule has 24 heavy (non-hydrogen) atoms. The highest BCUT2D eigenvalue weighted by Crippen LogP contribution is 2.53. The van der Waals surface area contributed by atoms with E-state index in [-0.39, 0.29) is 25.5 Å². The zero-order valence-electron chi connectivity index (χ0n) is 13.9. The Kier molecular flexibility index (Phi) is 6.73. The van der Waals surface area contributed by atoms with E-state index < -0.39 is 7.75 Å². The number of hydrogen-bond donors (Lipinski definition) is 0.